The number of aromatic nitrogens is 1. The van der Waals surface area contributed by atoms with Gasteiger partial charge in [-0.15, -0.1) is 0 Å². The molecular formula is C13H10N2O6. The molecule has 0 atom stereocenters. The van der Waals surface area contributed by atoms with Crippen LogP contribution in [0.15, 0.2) is 36.5 Å². The number of nitrogens with zero attached hydrogens (tertiary/aromatic N) is 2. The lowest BCUT2D eigenvalue weighted by Gasteiger charge is -2.09. The Labute approximate surface area is 118 Å². The lowest BCUT2D eigenvalue weighted by Crippen LogP contribution is -2.04. The molecule has 0 aliphatic rings. The predicted molar refractivity (Wildman–Crippen MR) is 70.3 cm³/mol. The minimum atomic E-state index is -1.45. The van der Waals surface area contributed by atoms with Gasteiger partial charge in [-0.3, -0.25) is 10.1 Å². The van der Waals surface area contributed by atoms with E-state index in [0.717, 1.165) is 12.3 Å². The molecule has 0 fully saturated rings. The highest BCUT2D eigenvalue weighted by Gasteiger charge is 2.21. The van der Waals surface area contributed by atoms with Crippen LogP contribution in [0, 0.1) is 10.1 Å². The van der Waals surface area contributed by atoms with Gasteiger partial charge >= 0.3 is 11.7 Å². The monoisotopic (exact) mass is 290 g/mol. The molecule has 0 aliphatic carbocycles. The summed E-state index contributed by atoms with van der Waals surface area (Å²) in [7, 11) is 0. The summed E-state index contributed by atoms with van der Waals surface area (Å²) in [5.41, 5.74) is -0.661. The molecule has 0 saturated heterocycles. The first-order chi connectivity index (χ1) is 10.0. The van der Waals surface area contributed by atoms with Crippen LogP contribution in [-0.4, -0.2) is 26.1 Å². The summed E-state index contributed by atoms with van der Waals surface area (Å²) in [5, 5.41) is 28.9. The minimum Gasteiger partial charge on any atom is -0.477 e. The van der Waals surface area contributed by atoms with Crippen molar-refractivity contribution in [1.82, 2.24) is 4.98 Å². The molecule has 2 aromatic rings. The quantitative estimate of drug-likeness (QED) is 0.637. The van der Waals surface area contributed by atoms with Gasteiger partial charge in [0.2, 0.25) is 5.88 Å². The van der Waals surface area contributed by atoms with Crippen LogP contribution in [0.1, 0.15) is 15.9 Å². The Morgan fingerprint density at radius 2 is 2.10 bits per heavy atom. The number of ether oxygens (including phenoxy) is 1. The number of carboxylic acid groups (broad SMARTS) is 1. The Kier molecular flexibility index (Phi) is 4.10. The SMILES string of the molecule is O=C(O)c1cc(Oc2ccccc2CO)ncc1[N+](=O)[O-]. The fraction of sp³-hybridized carbons (Fsp3) is 0.0769. The Morgan fingerprint density at radius 3 is 2.71 bits per heavy atom. The van der Waals surface area contributed by atoms with E-state index in [1.807, 2.05) is 0 Å². The fourth-order valence-electron chi connectivity index (χ4n) is 1.65. The molecule has 1 aromatic carbocycles. The third-order valence-corrected chi connectivity index (χ3v) is 2.64. The smallest absolute Gasteiger partial charge is 0.342 e. The number of benzene rings is 1. The number of aliphatic hydroxyl groups excluding tert-OH is 1. The van der Waals surface area contributed by atoms with Gasteiger partial charge < -0.3 is 14.9 Å². The molecule has 0 aliphatic heterocycles. The summed E-state index contributed by atoms with van der Waals surface area (Å²) in [4.78, 5) is 24.6. The summed E-state index contributed by atoms with van der Waals surface area (Å²) >= 11 is 0. The molecule has 8 heteroatoms. The van der Waals surface area contributed by atoms with Gasteiger partial charge in [0, 0.05) is 11.6 Å². The highest BCUT2D eigenvalue weighted by Crippen LogP contribution is 2.27. The van der Waals surface area contributed by atoms with Crippen molar-refractivity contribution < 1.29 is 24.7 Å². The lowest BCUT2D eigenvalue weighted by molar-refractivity contribution is -0.385. The summed E-state index contributed by atoms with van der Waals surface area (Å²) in [6.07, 6.45) is 0.820. The zero-order chi connectivity index (χ0) is 15.4. The molecule has 2 N–H and O–H groups in total. The van der Waals surface area contributed by atoms with Crippen LogP contribution in [-0.2, 0) is 6.61 Å². The van der Waals surface area contributed by atoms with E-state index in [1.54, 1.807) is 24.3 Å². The zero-order valence-electron chi connectivity index (χ0n) is 10.6. The molecule has 0 radical (unpaired) electrons. The molecule has 0 spiro atoms. The van der Waals surface area contributed by atoms with Crippen LogP contribution in [0.4, 0.5) is 5.69 Å². The maximum Gasteiger partial charge on any atom is 0.342 e. The van der Waals surface area contributed by atoms with Gasteiger partial charge in [0.15, 0.2) is 0 Å². The zero-order valence-corrected chi connectivity index (χ0v) is 10.6. The molecule has 108 valence electrons. The molecule has 21 heavy (non-hydrogen) atoms. The standard InChI is InChI=1S/C13H10N2O6/c16-7-8-3-1-2-4-11(8)21-12-5-9(13(17)18)10(6-14-12)15(19)20/h1-6,16H,7H2,(H,17,18). The summed E-state index contributed by atoms with van der Waals surface area (Å²) < 4.78 is 5.37. The van der Waals surface area contributed by atoms with Crippen molar-refractivity contribution >= 4 is 11.7 Å². The van der Waals surface area contributed by atoms with Crippen LogP contribution in [0.2, 0.25) is 0 Å². The number of carbonyl (C=O) groups is 1. The number of pyridine rings is 1. The third-order valence-electron chi connectivity index (χ3n) is 2.64. The second-order valence-electron chi connectivity index (χ2n) is 3.97. The predicted octanol–water partition coefficient (Wildman–Crippen LogP) is 1.97. The Hall–Kier alpha value is -3.00. The van der Waals surface area contributed by atoms with E-state index < -0.39 is 22.1 Å². The number of aromatic carboxylic acids is 1. The van der Waals surface area contributed by atoms with Crippen molar-refractivity contribution in [3.63, 3.8) is 0 Å². The molecule has 8 nitrogen and oxygen atoms in total. The van der Waals surface area contributed by atoms with E-state index in [0.29, 0.717) is 5.56 Å². The van der Waals surface area contributed by atoms with Crippen LogP contribution in [0.5, 0.6) is 11.6 Å². The number of hydrogen-bond donors (Lipinski definition) is 2. The van der Waals surface area contributed by atoms with Gasteiger partial charge in [-0.1, -0.05) is 18.2 Å². The van der Waals surface area contributed by atoms with Gasteiger partial charge in [0.05, 0.1) is 11.5 Å². The van der Waals surface area contributed by atoms with Gasteiger partial charge in [-0.2, -0.15) is 0 Å². The van der Waals surface area contributed by atoms with Crippen molar-refractivity contribution in [3.05, 3.63) is 57.8 Å². The van der Waals surface area contributed by atoms with Crippen LogP contribution >= 0.6 is 0 Å². The van der Waals surface area contributed by atoms with Crippen LogP contribution in [0.3, 0.4) is 0 Å². The second-order valence-corrected chi connectivity index (χ2v) is 3.97. The maximum atomic E-state index is 11.0. The number of rotatable bonds is 5. The van der Waals surface area contributed by atoms with Crippen molar-refractivity contribution in [2.75, 3.05) is 0 Å². The van der Waals surface area contributed by atoms with E-state index in [1.165, 1.54) is 0 Å². The average Bonchev–Trinajstić information content (AvgIpc) is 2.47. The van der Waals surface area contributed by atoms with E-state index in [4.69, 9.17) is 9.84 Å². The molecule has 1 aromatic heterocycles. The topological polar surface area (TPSA) is 123 Å². The summed E-state index contributed by atoms with van der Waals surface area (Å²) in [6, 6.07) is 7.52. The van der Waals surface area contributed by atoms with E-state index in [9.17, 15) is 20.0 Å². The average molecular weight is 290 g/mol. The van der Waals surface area contributed by atoms with Crippen molar-refractivity contribution in [2.24, 2.45) is 0 Å². The maximum absolute atomic E-state index is 11.0. The number of carboxylic acids is 1. The molecule has 0 amide bonds. The third kappa shape index (κ3) is 3.12. The fourth-order valence-corrected chi connectivity index (χ4v) is 1.65. The summed E-state index contributed by atoms with van der Waals surface area (Å²) in [5.74, 6) is -1.28. The number of aliphatic hydroxyl groups is 1. The van der Waals surface area contributed by atoms with Crippen LogP contribution < -0.4 is 4.74 Å². The molecular weight excluding hydrogens is 280 g/mol. The number of hydrogen-bond acceptors (Lipinski definition) is 6. The first-order valence-corrected chi connectivity index (χ1v) is 5.77. The Morgan fingerprint density at radius 1 is 1.38 bits per heavy atom. The largest absolute Gasteiger partial charge is 0.477 e. The molecule has 0 unspecified atom stereocenters. The van der Waals surface area contributed by atoms with Gasteiger partial charge in [-0.25, -0.2) is 9.78 Å². The van der Waals surface area contributed by atoms with Gasteiger partial charge in [0.1, 0.15) is 17.5 Å². The Balaban J connectivity index is 2.39. The molecule has 1 heterocycles. The van der Waals surface area contributed by atoms with E-state index in [2.05, 4.69) is 4.98 Å². The molecule has 0 bridgehead atoms. The highest BCUT2D eigenvalue weighted by atomic mass is 16.6. The van der Waals surface area contributed by atoms with E-state index >= 15 is 0 Å². The van der Waals surface area contributed by atoms with Crippen molar-refractivity contribution in [1.29, 1.82) is 0 Å². The normalized spacial score (nSPS) is 10.1. The second kappa shape index (κ2) is 5.97. The molecule has 0 saturated carbocycles. The molecule has 2 rings (SSSR count). The number of para-hydroxylation sites is 1. The first kappa shape index (κ1) is 14.4. The van der Waals surface area contributed by atoms with E-state index in [-0.39, 0.29) is 18.2 Å². The minimum absolute atomic E-state index is 0.112. The van der Waals surface area contributed by atoms with Crippen LogP contribution in [0.25, 0.3) is 0 Å². The first-order valence-electron chi connectivity index (χ1n) is 5.77. The van der Waals surface area contributed by atoms with Gasteiger partial charge in [-0.05, 0) is 6.07 Å². The highest BCUT2D eigenvalue weighted by molar-refractivity contribution is 5.92. The number of nitro groups is 1. The van der Waals surface area contributed by atoms with Crippen molar-refractivity contribution in [3.8, 4) is 11.6 Å². The van der Waals surface area contributed by atoms with Gasteiger partial charge in [0.25, 0.3) is 0 Å². The Bertz CT molecular complexity index is 701. The lowest BCUT2D eigenvalue weighted by atomic mass is 10.2. The van der Waals surface area contributed by atoms with Crippen molar-refractivity contribution in [2.45, 2.75) is 6.61 Å². The summed E-state index contributed by atoms with van der Waals surface area (Å²) in [6.45, 7) is -0.269.